The monoisotopic (exact) mass is 287 g/mol. The number of carbonyl (C=O) groups is 1. The van der Waals surface area contributed by atoms with Gasteiger partial charge in [-0.25, -0.2) is 4.98 Å². The van der Waals surface area contributed by atoms with Crippen molar-refractivity contribution in [3.63, 3.8) is 0 Å². The second-order valence-corrected chi connectivity index (χ2v) is 6.44. The number of aromatic nitrogens is 1. The van der Waals surface area contributed by atoms with Crippen LogP contribution >= 0.6 is 0 Å². The Hall–Kier alpha value is -1.58. The summed E-state index contributed by atoms with van der Waals surface area (Å²) in [5.41, 5.74) is 1.69. The normalized spacial score (nSPS) is 17.6. The fourth-order valence-corrected chi connectivity index (χ4v) is 2.66. The van der Waals surface area contributed by atoms with Gasteiger partial charge in [0.15, 0.2) is 0 Å². The first-order valence-electron chi connectivity index (χ1n) is 8.21. The second kappa shape index (κ2) is 6.04. The molecular weight excluding hydrogens is 262 g/mol. The molecule has 0 saturated heterocycles. The molecule has 0 radical (unpaired) electrons. The number of nitrogens with one attached hydrogen (secondary N) is 1. The third-order valence-electron chi connectivity index (χ3n) is 4.16. The highest BCUT2D eigenvalue weighted by Gasteiger charge is 2.36. The molecule has 1 aromatic rings. The summed E-state index contributed by atoms with van der Waals surface area (Å²) in [6.07, 6.45) is 5.96. The molecule has 0 spiro atoms. The fourth-order valence-electron chi connectivity index (χ4n) is 2.66. The molecule has 1 heterocycles. The van der Waals surface area contributed by atoms with Gasteiger partial charge in [-0.2, -0.15) is 0 Å². The lowest BCUT2D eigenvalue weighted by atomic mass is 10.2. The predicted molar refractivity (Wildman–Crippen MR) is 84.5 cm³/mol. The Bertz CT molecular complexity index is 521. The third kappa shape index (κ3) is 3.74. The molecule has 2 aliphatic rings. The third-order valence-corrected chi connectivity index (χ3v) is 4.16. The summed E-state index contributed by atoms with van der Waals surface area (Å²) in [5, 5.41) is 3.29. The molecule has 1 N–H and O–H groups in total. The van der Waals surface area contributed by atoms with Crippen molar-refractivity contribution in [1.29, 1.82) is 0 Å². The minimum Gasteiger partial charge on any atom is -0.370 e. The van der Waals surface area contributed by atoms with Gasteiger partial charge in [0.05, 0.1) is 0 Å². The van der Waals surface area contributed by atoms with E-state index in [4.69, 9.17) is 0 Å². The molecule has 2 aliphatic carbocycles. The van der Waals surface area contributed by atoms with Crippen LogP contribution in [0.4, 0.5) is 5.82 Å². The van der Waals surface area contributed by atoms with Gasteiger partial charge in [-0.1, -0.05) is 6.92 Å². The number of nitrogens with zero attached hydrogens (tertiary/aromatic N) is 2. The molecule has 4 heteroatoms. The zero-order valence-corrected chi connectivity index (χ0v) is 13.1. The molecule has 114 valence electrons. The van der Waals surface area contributed by atoms with Gasteiger partial charge >= 0.3 is 0 Å². The zero-order chi connectivity index (χ0) is 14.8. The number of rotatable bonds is 7. The molecule has 1 aromatic heterocycles. The number of amides is 1. The van der Waals surface area contributed by atoms with Gasteiger partial charge in [-0.3, -0.25) is 4.79 Å². The number of anilines is 1. The molecule has 0 atom stereocenters. The van der Waals surface area contributed by atoms with Crippen LogP contribution < -0.4 is 5.32 Å². The molecule has 1 amide bonds. The van der Waals surface area contributed by atoms with Crippen molar-refractivity contribution in [2.45, 2.75) is 52.0 Å². The maximum atomic E-state index is 12.8. The number of carbonyl (C=O) groups excluding carboxylic acids is 1. The Morgan fingerprint density at radius 1 is 1.33 bits per heavy atom. The standard InChI is InChI=1S/C17H25N3O/c1-3-8-18-16-10-14(9-12(2)19-16)17(21)20(15-6-7-15)11-13-4-5-13/h9-10,13,15H,3-8,11H2,1-2H3,(H,18,19). The van der Waals surface area contributed by atoms with Crippen molar-refractivity contribution in [2.75, 3.05) is 18.4 Å². The minimum atomic E-state index is 0.189. The lowest BCUT2D eigenvalue weighted by molar-refractivity contribution is 0.0734. The Morgan fingerprint density at radius 3 is 2.71 bits per heavy atom. The summed E-state index contributed by atoms with van der Waals surface area (Å²) in [7, 11) is 0. The molecule has 0 aromatic carbocycles. The van der Waals surface area contributed by atoms with Gasteiger partial charge in [-0.15, -0.1) is 0 Å². The second-order valence-electron chi connectivity index (χ2n) is 6.44. The van der Waals surface area contributed by atoms with Crippen molar-refractivity contribution in [1.82, 2.24) is 9.88 Å². The Kier molecular flexibility index (Phi) is 4.13. The first kappa shape index (κ1) is 14.4. The minimum absolute atomic E-state index is 0.189. The van der Waals surface area contributed by atoms with Crippen LogP contribution in [0.15, 0.2) is 12.1 Å². The molecule has 21 heavy (non-hydrogen) atoms. The van der Waals surface area contributed by atoms with E-state index in [-0.39, 0.29) is 5.91 Å². The first-order valence-corrected chi connectivity index (χ1v) is 8.21. The van der Waals surface area contributed by atoms with Crippen LogP contribution in [0.3, 0.4) is 0 Å². The summed E-state index contributed by atoms with van der Waals surface area (Å²) >= 11 is 0. The topological polar surface area (TPSA) is 45.2 Å². The molecule has 0 bridgehead atoms. The Labute approximate surface area is 126 Å². The highest BCUT2D eigenvalue weighted by atomic mass is 16.2. The van der Waals surface area contributed by atoms with Crippen molar-refractivity contribution < 1.29 is 4.79 Å². The lowest BCUT2D eigenvalue weighted by Crippen LogP contribution is -2.35. The van der Waals surface area contributed by atoms with E-state index in [1.807, 2.05) is 19.1 Å². The van der Waals surface area contributed by atoms with Gasteiger partial charge in [0.25, 0.3) is 5.91 Å². The zero-order valence-electron chi connectivity index (χ0n) is 13.1. The number of hydrogen-bond donors (Lipinski definition) is 1. The van der Waals surface area contributed by atoms with E-state index in [0.29, 0.717) is 6.04 Å². The van der Waals surface area contributed by atoms with Gasteiger partial charge < -0.3 is 10.2 Å². The summed E-state index contributed by atoms with van der Waals surface area (Å²) in [6.45, 7) is 5.91. The number of pyridine rings is 1. The predicted octanol–water partition coefficient (Wildman–Crippen LogP) is 3.23. The van der Waals surface area contributed by atoms with Crippen molar-refractivity contribution in [3.8, 4) is 0 Å². The number of hydrogen-bond acceptors (Lipinski definition) is 3. The highest BCUT2D eigenvalue weighted by Crippen LogP contribution is 2.35. The number of aryl methyl sites for hydroxylation is 1. The Morgan fingerprint density at radius 2 is 2.10 bits per heavy atom. The maximum absolute atomic E-state index is 12.8. The van der Waals surface area contributed by atoms with Crippen molar-refractivity contribution >= 4 is 11.7 Å². The molecule has 2 saturated carbocycles. The van der Waals surface area contributed by atoms with Crippen LogP contribution in [-0.2, 0) is 0 Å². The van der Waals surface area contributed by atoms with E-state index in [1.165, 1.54) is 25.7 Å². The van der Waals surface area contributed by atoms with Crippen molar-refractivity contribution in [3.05, 3.63) is 23.4 Å². The van der Waals surface area contributed by atoms with Crippen molar-refractivity contribution in [2.24, 2.45) is 5.92 Å². The molecular formula is C17H25N3O. The molecule has 0 unspecified atom stereocenters. The van der Waals surface area contributed by atoms with Gasteiger partial charge in [0, 0.05) is 30.4 Å². The van der Waals surface area contributed by atoms with Gasteiger partial charge in [0.1, 0.15) is 5.82 Å². The van der Waals surface area contributed by atoms with Crippen LogP contribution in [0.2, 0.25) is 0 Å². The van der Waals surface area contributed by atoms with Gasteiger partial charge in [0.2, 0.25) is 0 Å². The fraction of sp³-hybridized carbons (Fsp3) is 0.647. The van der Waals surface area contributed by atoms with E-state index < -0.39 is 0 Å². The first-order chi connectivity index (χ1) is 10.2. The van der Waals surface area contributed by atoms with E-state index in [9.17, 15) is 4.79 Å². The average Bonchev–Trinajstić information content (AvgIpc) is 3.34. The van der Waals surface area contributed by atoms with Gasteiger partial charge in [-0.05, 0) is 57.1 Å². The Balaban J connectivity index is 1.76. The largest absolute Gasteiger partial charge is 0.370 e. The van der Waals surface area contributed by atoms with Crippen LogP contribution in [0, 0.1) is 12.8 Å². The highest BCUT2D eigenvalue weighted by molar-refractivity contribution is 5.95. The maximum Gasteiger partial charge on any atom is 0.254 e. The SMILES string of the molecule is CCCNc1cc(C(=O)N(CC2CC2)C2CC2)cc(C)n1. The lowest BCUT2D eigenvalue weighted by Gasteiger charge is -2.23. The average molecular weight is 287 g/mol. The van der Waals surface area contributed by atoms with E-state index in [1.54, 1.807) is 0 Å². The van der Waals surface area contributed by atoms with Crippen LogP contribution in [-0.4, -0.2) is 34.9 Å². The van der Waals surface area contributed by atoms with Crippen LogP contribution in [0.5, 0.6) is 0 Å². The molecule has 0 aliphatic heterocycles. The summed E-state index contributed by atoms with van der Waals surface area (Å²) in [6, 6.07) is 4.31. The van der Waals surface area contributed by atoms with Crippen LogP contribution in [0.1, 0.15) is 55.1 Å². The van der Waals surface area contributed by atoms with Crippen LogP contribution in [0.25, 0.3) is 0 Å². The summed E-state index contributed by atoms with van der Waals surface area (Å²) < 4.78 is 0. The molecule has 2 fully saturated rings. The molecule has 4 nitrogen and oxygen atoms in total. The summed E-state index contributed by atoms with van der Waals surface area (Å²) in [4.78, 5) is 19.4. The van der Waals surface area contributed by atoms with E-state index in [0.717, 1.165) is 42.5 Å². The summed E-state index contributed by atoms with van der Waals surface area (Å²) in [5.74, 6) is 1.76. The van der Waals surface area contributed by atoms with E-state index in [2.05, 4.69) is 22.1 Å². The molecule has 3 rings (SSSR count). The quantitative estimate of drug-likeness (QED) is 0.837. The van der Waals surface area contributed by atoms with E-state index >= 15 is 0 Å². The smallest absolute Gasteiger partial charge is 0.254 e.